The summed E-state index contributed by atoms with van der Waals surface area (Å²) in [7, 11) is 0. The van der Waals surface area contributed by atoms with Crippen molar-refractivity contribution in [3.63, 3.8) is 0 Å². The lowest BCUT2D eigenvalue weighted by Gasteiger charge is -2.42. The summed E-state index contributed by atoms with van der Waals surface area (Å²) in [6.45, 7) is 4.01. The van der Waals surface area contributed by atoms with E-state index in [0.717, 1.165) is 36.0 Å². The lowest BCUT2D eigenvalue weighted by molar-refractivity contribution is -0.224. The number of hydrogen-bond donors (Lipinski definition) is 1. The highest BCUT2D eigenvalue weighted by molar-refractivity contribution is 5.15. The lowest BCUT2D eigenvalue weighted by atomic mass is 9.93. The van der Waals surface area contributed by atoms with Crippen molar-refractivity contribution < 1.29 is 24.1 Å². The number of unbranched alkanes of at least 4 members (excludes halogenated alkanes) is 1. The Morgan fingerprint density at radius 1 is 0.789 bits per heavy atom. The molecule has 0 spiro atoms. The molecule has 0 unspecified atom stereocenters. The molecule has 5 nitrogen and oxygen atoms in total. The van der Waals surface area contributed by atoms with Crippen molar-refractivity contribution >= 4 is 0 Å². The molecule has 0 saturated carbocycles. The van der Waals surface area contributed by atoms with Gasteiger partial charge in [-0.25, -0.2) is 0 Å². The summed E-state index contributed by atoms with van der Waals surface area (Å²) in [6.07, 6.45) is 2.84. The molecule has 5 heteroatoms. The van der Waals surface area contributed by atoms with E-state index in [2.05, 4.69) is 43.3 Å². The maximum absolute atomic E-state index is 10.7. The molecule has 1 N–H and O–H groups in total. The summed E-state index contributed by atoms with van der Waals surface area (Å²) in [5.41, 5.74) is 3.35. The van der Waals surface area contributed by atoms with E-state index in [-0.39, 0.29) is 30.5 Å². The standard InChI is InChI=1S/C33H42O5/c1-2-3-19-29(34)20-30-21-31(36-23-27-15-9-5-10-16-27)33(37-24-28-17-11-6-12-18-28)32(38-30)25-35-22-26-13-7-4-8-14-26/h4-18,29-34H,2-3,19-25H2,1H3/t29-,30-,31-,32-,33+/m1/s1. The Hall–Kier alpha value is -2.54. The van der Waals surface area contributed by atoms with Gasteiger partial charge in [0.05, 0.1) is 44.7 Å². The third-order valence-electron chi connectivity index (χ3n) is 7.01. The molecule has 1 heterocycles. The van der Waals surface area contributed by atoms with Crippen LogP contribution in [-0.4, -0.2) is 42.2 Å². The summed E-state index contributed by atoms with van der Waals surface area (Å²) < 4.78 is 25.7. The van der Waals surface area contributed by atoms with Crippen molar-refractivity contribution in [2.45, 2.75) is 89.4 Å². The zero-order valence-electron chi connectivity index (χ0n) is 22.5. The van der Waals surface area contributed by atoms with Crippen molar-refractivity contribution in [1.29, 1.82) is 0 Å². The fourth-order valence-electron chi connectivity index (χ4n) is 4.95. The van der Waals surface area contributed by atoms with Crippen molar-refractivity contribution in [1.82, 2.24) is 0 Å². The molecule has 0 radical (unpaired) electrons. The molecule has 0 amide bonds. The highest BCUT2D eigenvalue weighted by atomic mass is 16.6. The monoisotopic (exact) mass is 518 g/mol. The highest BCUT2D eigenvalue weighted by Gasteiger charge is 2.41. The Balaban J connectivity index is 1.48. The number of aliphatic hydroxyl groups is 1. The first-order valence-electron chi connectivity index (χ1n) is 14.0. The number of aliphatic hydroxyl groups excluding tert-OH is 1. The minimum atomic E-state index is -0.387. The van der Waals surface area contributed by atoms with Gasteiger partial charge in [0.25, 0.3) is 0 Å². The van der Waals surface area contributed by atoms with Gasteiger partial charge in [0, 0.05) is 6.42 Å². The molecular weight excluding hydrogens is 476 g/mol. The molecule has 0 aromatic heterocycles. The Morgan fingerprint density at radius 3 is 1.92 bits per heavy atom. The van der Waals surface area contributed by atoms with Crippen LogP contribution >= 0.6 is 0 Å². The quantitative estimate of drug-likeness (QED) is 0.250. The van der Waals surface area contributed by atoms with E-state index in [1.807, 2.05) is 54.6 Å². The molecule has 38 heavy (non-hydrogen) atoms. The zero-order valence-corrected chi connectivity index (χ0v) is 22.5. The third kappa shape index (κ3) is 9.33. The van der Waals surface area contributed by atoms with E-state index in [4.69, 9.17) is 18.9 Å². The third-order valence-corrected chi connectivity index (χ3v) is 7.01. The molecule has 1 saturated heterocycles. The molecule has 1 fully saturated rings. The first kappa shape index (κ1) is 28.5. The topological polar surface area (TPSA) is 57.2 Å². The van der Waals surface area contributed by atoms with Gasteiger partial charge in [-0.3, -0.25) is 0 Å². The smallest absolute Gasteiger partial charge is 0.113 e. The van der Waals surface area contributed by atoms with E-state index in [9.17, 15) is 5.11 Å². The van der Waals surface area contributed by atoms with Crippen LogP contribution in [0.2, 0.25) is 0 Å². The fourth-order valence-corrected chi connectivity index (χ4v) is 4.95. The molecule has 1 aliphatic rings. The van der Waals surface area contributed by atoms with Gasteiger partial charge in [-0.1, -0.05) is 111 Å². The van der Waals surface area contributed by atoms with Gasteiger partial charge in [-0.05, 0) is 29.5 Å². The number of hydrogen-bond acceptors (Lipinski definition) is 5. The summed E-state index contributed by atoms with van der Waals surface area (Å²) in [5, 5.41) is 10.7. The Bertz CT molecular complexity index is 1010. The van der Waals surface area contributed by atoms with Crippen molar-refractivity contribution in [3.05, 3.63) is 108 Å². The van der Waals surface area contributed by atoms with Crippen molar-refractivity contribution in [2.75, 3.05) is 6.61 Å². The molecule has 204 valence electrons. The first-order valence-corrected chi connectivity index (χ1v) is 14.0. The van der Waals surface area contributed by atoms with Crippen LogP contribution < -0.4 is 0 Å². The zero-order chi connectivity index (χ0) is 26.4. The summed E-state index contributed by atoms with van der Waals surface area (Å²) >= 11 is 0. The molecular formula is C33H42O5. The average molecular weight is 519 g/mol. The van der Waals surface area contributed by atoms with Crippen LogP contribution in [0.15, 0.2) is 91.0 Å². The van der Waals surface area contributed by atoms with Crippen LogP contribution in [0.4, 0.5) is 0 Å². The minimum Gasteiger partial charge on any atom is -0.393 e. The summed E-state index contributed by atoms with van der Waals surface area (Å²) in [5.74, 6) is 0. The maximum Gasteiger partial charge on any atom is 0.113 e. The fraction of sp³-hybridized carbons (Fsp3) is 0.455. The summed E-state index contributed by atoms with van der Waals surface area (Å²) in [4.78, 5) is 0. The predicted octanol–water partition coefficient (Wildman–Crippen LogP) is 6.47. The molecule has 4 rings (SSSR count). The van der Waals surface area contributed by atoms with E-state index in [1.54, 1.807) is 0 Å². The second kappa shape index (κ2) is 15.8. The van der Waals surface area contributed by atoms with Gasteiger partial charge in [-0.15, -0.1) is 0 Å². The van der Waals surface area contributed by atoms with Crippen LogP contribution in [0.5, 0.6) is 0 Å². The van der Waals surface area contributed by atoms with Gasteiger partial charge in [-0.2, -0.15) is 0 Å². The SMILES string of the molecule is CCCC[C@@H](O)C[C@@H]1C[C@@H](OCc2ccccc2)[C@H](OCc2ccccc2)[C@@H](COCc2ccccc2)O1. The van der Waals surface area contributed by atoms with Crippen LogP contribution in [0.1, 0.15) is 55.7 Å². The largest absolute Gasteiger partial charge is 0.393 e. The van der Waals surface area contributed by atoms with E-state index in [0.29, 0.717) is 39.3 Å². The Morgan fingerprint density at radius 2 is 1.34 bits per heavy atom. The second-order valence-corrected chi connectivity index (χ2v) is 10.2. The Labute approximate surface area is 227 Å². The molecule has 0 bridgehead atoms. The normalized spacial score (nSPS) is 22.3. The van der Waals surface area contributed by atoms with Gasteiger partial charge in [0.2, 0.25) is 0 Å². The number of benzene rings is 3. The lowest BCUT2D eigenvalue weighted by Crippen LogP contribution is -2.53. The van der Waals surface area contributed by atoms with Crippen molar-refractivity contribution in [3.8, 4) is 0 Å². The highest BCUT2D eigenvalue weighted by Crippen LogP contribution is 2.30. The van der Waals surface area contributed by atoms with Crippen LogP contribution in [-0.2, 0) is 38.8 Å². The molecule has 5 atom stereocenters. The van der Waals surface area contributed by atoms with E-state index in [1.165, 1.54) is 0 Å². The van der Waals surface area contributed by atoms with Crippen molar-refractivity contribution in [2.24, 2.45) is 0 Å². The van der Waals surface area contributed by atoms with Gasteiger partial charge in [0.15, 0.2) is 0 Å². The molecule has 3 aromatic carbocycles. The second-order valence-electron chi connectivity index (χ2n) is 10.2. The predicted molar refractivity (Wildman–Crippen MR) is 150 cm³/mol. The van der Waals surface area contributed by atoms with Gasteiger partial charge >= 0.3 is 0 Å². The average Bonchev–Trinajstić information content (AvgIpc) is 2.96. The first-order chi connectivity index (χ1) is 18.7. The molecule has 0 aliphatic carbocycles. The van der Waals surface area contributed by atoms with Crippen LogP contribution in [0, 0.1) is 0 Å². The van der Waals surface area contributed by atoms with Crippen LogP contribution in [0.25, 0.3) is 0 Å². The summed E-state index contributed by atoms with van der Waals surface area (Å²) in [6, 6.07) is 30.6. The van der Waals surface area contributed by atoms with E-state index >= 15 is 0 Å². The number of rotatable bonds is 15. The Kier molecular flexibility index (Phi) is 11.8. The van der Waals surface area contributed by atoms with Gasteiger partial charge < -0.3 is 24.1 Å². The van der Waals surface area contributed by atoms with Crippen LogP contribution in [0.3, 0.4) is 0 Å². The minimum absolute atomic E-state index is 0.121. The number of ether oxygens (including phenoxy) is 4. The van der Waals surface area contributed by atoms with Gasteiger partial charge in [0.1, 0.15) is 12.2 Å². The molecule has 3 aromatic rings. The molecule has 1 aliphatic heterocycles. The van der Waals surface area contributed by atoms with E-state index < -0.39 is 0 Å². The maximum atomic E-state index is 10.7.